The van der Waals surface area contributed by atoms with Gasteiger partial charge in [-0.05, 0) is 74.1 Å². The summed E-state index contributed by atoms with van der Waals surface area (Å²) < 4.78 is 17.5. The normalized spacial score (nSPS) is 30.0. The molecule has 1 saturated carbocycles. The van der Waals surface area contributed by atoms with Crippen LogP contribution in [0, 0.1) is 23.2 Å². The third-order valence-corrected chi connectivity index (χ3v) is 8.59. The molecule has 1 aromatic carbocycles. The van der Waals surface area contributed by atoms with Crippen molar-refractivity contribution in [1.29, 1.82) is 0 Å². The smallest absolute Gasteiger partial charge is 0.222 e. The molecule has 36 heavy (non-hydrogen) atoms. The van der Waals surface area contributed by atoms with Crippen LogP contribution in [0.15, 0.2) is 18.2 Å². The number of hydrogen-bond acceptors (Lipinski definition) is 6. The average molecular weight is 501 g/mol. The first-order valence-corrected chi connectivity index (χ1v) is 14.0. The molecule has 3 fully saturated rings. The lowest BCUT2D eigenvalue weighted by Gasteiger charge is -2.39. The van der Waals surface area contributed by atoms with Gasteiger partial charge in [-0.3, -0.25) is 9.69 Å². The molecular formula is C29H44N2O5. The second kappa shape index (κ2) is 11.3. The van der Waals surface area contributed by atoms with Gasteiger partial charge in [-0.1, -0.05) is 19.9 Å². The van der Waals surface area contributed by atoms with Crippen molar-refractivity contribution in [2.75, 3.05) is 52.6 Å². The number of amides is 1. The molecule has 0 bridgehead atoms. The highest BCUT2D eigenvalue weighted by molar-refractivity contribution is 5.76. The Balaban J connectivity index is 1.26. The van der Waals surface area contributed by atoms with Crippen LogP contribution in [0.1, 0.15) is 57.9 Å². The molecule has 4 aliphatic rings. The molecule has 1 N–H and O–H groups in total. The first-order valence-electron chi connectivity index (χ1n) is 14.0. The predicted octanol–water partition coefficient (Wildman–Crippen LogP) is 3.72. The van der Waals surface area contributed by atoms with Crippen molar-refractivity contribution in [3.8, 4) is 11.5 Å². The largest absolute Gasteiger partial charge is 0.486 e. The molecule has 200 valence electrons. The van der Waals surface area contributed by atoms with Crippen LogP contribution in [0.5, 0.6) is 11.5 Å². The van der Waals surface area contributed by atoms with Crippen LogP contribution in [-0.2, 0) is 16.1 Å². The van der Waals surface area contributed by atoms with Crippen LogP contribution in [0.4, 0.5) is 0 Å². The monoisotopic (exact) mass is 500 g/mol. The van der Waals surface area contributed by atoms with Gasteiger partial charge in [-0.25, -0.2) is 0 Å². The van der Waals surface area contributed by atoms with E-state index in [1.165, 1.54) is 18.4 Å². The van der Waals surface area contributed by atoms with Crippen molar-refractivity contribution in [2.45, 2.75) is 65.0 Å². The number of carbonyl (C=O) groups excluding carboxylic acids is 1. The van der Waals surface area contributed by atoms with E-state index in [1.54, 1.807) is 0 Å². The van der Waals surface area contributed by atoms with Crippen LogP contribution in [-0.4, -0.2) is 79.5 Å². The third kappa shape index (κ3) is 6.53. The highest BCUT2D eigenvalue weighted by Gasteiger charge is 2.37. The Kier molecular flexibility index (Phi) is 8.08. The summed E-state index contributed by atoms with van der Waals surface area (Å²) in [5.41, 5.74) is 0.872. The highest BCUT2D eigenvalue weighted by atomic mass is 16.6. The number of piperidine rings is 1. The van der Waals surface area contributed by atoms with E-state index in [-0.39, 0.29) is 11.3 Å². The van der Waals surface area contributed by atoms with Gasteiger partial charge < -0.3 is 24.2 Å². The zero-order valence-electron chi connectivity index (χ0n) is 22.1. The standard InChI is InChI=1S/C29H44N2O5/c1-29(2)20-34-11-3-4-24-18-30(16-22-7-8-25-26(14-22)36-13-12-35-25)10-9-23(24)15-28(33)31(19-27(29)32)17-21-5-6-21/h7-8,14,21,23-24,27,32H,3-6,9-13,15-20H2,1-2H3/t23-,24-,27-/m0/s1. The first kappa shape index (κ1) is 25.8. The summed E-state index contributed by atoms with van der Waals surface area (Å²) >= 11 is 0. The quantitative estimate of drug-likeness (QED) is 0.680. The summed E-state index contributed by atoms with van der Waals surface area (Å²) in [5.74, 6) is 3.39. The number of likely N-dealkylation sites (tertiary alicyclic amines) is 1. The summed E-state index contributed by atoms with van der Waals surface area (Å²) in [6.45, 7) is 10.6. The molecule has 3 heterocycles. The van der Waals surface area contributed by atoms with E-state index >= 15 is 0 Å². The van der Waals surface area contributed by atoms with Crippen molar-refractivity contribution >= 4 is 5.91 Å². The van der Waals surface area contributed by atoms with Crippen molar-refractivity contribution in [3.05, 3.63) is 23.8 Å². The van der Waals surface area contributed by atoms with Gasteiger partial charge in [-0.2, -0.15) is 0 Å². The van der Waals surface area contributed by atoms with E-state index in [4.69, 9.17) is 14.2 Å². The fourth-order valence-corrected chi connectivity index (χ4v) is 5.92. The molecule has 3 atom stereocenters. The number of fused-ring (bicyclic) bond motifs is 2. The average Bonchev–Trinajstić information content (AvgIpc) is 3.68. The lowest BCUT2D eigenvalue weighted by Crippen LogP contribution is -2.47. The van der Waals surface area contributed by atoms with E-state index in [0.29, 0.717) is 57.1 Å². The second-order valence-corrected chi connectivity index (χ2v) is 12.2. The molecule has 0 spiro atoms. The molecule has 0 radical (unpaired) electrons. The lowest BCUT2D eigenvalue weighted by molar-refractivity contribution is -0.136. The minimum atomic E-state index is -0.579. The third-order valence-electron chi connectivity index (χ3n) is 8.59. The van der Waals surface area contributed by atoms with Crippen LogP contribution in [0.3, 0.4) is 0 Å². The zero-order valence-corrected chi connectivity index (χ0v) is 22.1. The van der Waals surface area contributed by atoms with Gasteiger partial charge in [0.05, 0.1) is 12.7 Å². The molecule has 7 heteroatoms. The molecule has 7 nitrogen and oxygen atoms in total. The summed E-state index contributed by atoms with van der Waals surface area (Å²) in [6, 6.07) is 6.28. The minimum absolute atomic E-state index is 0.229. The van der Waals surface area contributed by atoms with Crippen LogP contribution in [0.2, 0.25) is 0 Å². The van der Waals surface area contributed by atoms with E-state index in [1.807, 2.05) is 24.8 Å². The minimum Gasteiger partial charge on any atom is -0.486 e. The number of aliphatic hydroxyl groups excluding tert-OH is 1. The van der Waals surface area contributed by atoms with Gasteiger partial charge in [-0.15, -0.1) is 0 Å². The van der Waals surface area contributed by atoms with E-state index in [0.717, 1.165) is 56.9 Å². The maximum atomic E-state index is 13.5. The van der Waals surface area contributed by atoms with Crippen molar-refractivity contribution < 1.29 is 24.1 Å². The number of β-amino-alcohol motifs (C(OH)–C–C–N with tert-alkyl or cyclic N) is 1. The fourth-order valence-electron chi connectivity index (χ4n) is 5.92. The molecule has 0 aromatic heterocycles. The number of nitrogens with zero attached hydrogens (tertiary/aromatic N) is 2. The maximum Gasteiger partial charge on any atom is 0.222 e. The maximum absolute atomic E-state index is 13.5. The number of aliphatic hydroxyl groups is 1. The van der Waals surface area contributed by atoms with Crippen molar-refractivity contribution in [1.82, 2.24) is 9.80 Å². The van der Waals surface area contributed by atoms with Gasteiger partial charge in [0, 0.05) is 44.6 Å². The van der Waals surface area contributed by atoms with Crippen molar-refractivity contribution in [2.24, 2.45) is 23.2 Å². The van der Waals surface area contributed by atoms with Crippen LogP contribution < -0.4 is 9.47 Å². The Morgan fingerprint density at radius 1 is 1.00 bits per heavy atom. The van der Waals surface area contributed by atoms with E-state index < -0.39 is 6.10 Å². The zero-order chi connectivity index (χ0) is 25.1. The molecule has 5 rings (SSSR count). The summed E-state index contributed by atoms with van der Waals surface area (Å²) in [5, 5.41) is 11.0. The molecule has 0 unspecified atom stereocenters. The fraction of sp³-hybridized carbons (Fsp3) is 0.759. The van der Waals surface area contributed by atoms with E-state index in [2.05, 4.69) is 17.0 Å². The predicted molar refractivity (Wildman–Crippen MR) is 138 cm³/mol. The Labute approximate surface area is 216 Å². The molecule has 1 aromatic rings. The topological polar surface area (TPSA) is 71.5 Å². The number of rotatable bonds is 4. The number of carbonyl (C=O) groups is 1. The highest BCUT2D eigenvalue weighted by Crippen LogP contribution is 2.36. The Bertz CT molecular complexity index is 902. The molecule has 1 amide bonds. The van der Waals surface area contributed by atoms with Crippen molar-refractivity contribution in [3.63, 3.8) is 0 Å². The van der Waals surface area contributed by atoms with Crippen LogP contribution >= 0.6 is 0 Å². The second-order valence-electron chi connectivity index (χ2n) is 12.2. The van der Waals surface area contributed by atoms with Gasteiger partial charge in [0.15, 0.2) is 11.5 Å². The van der Waals surface area contributed by atoms with Gasteiger partial charge in [0.25, 0.3) is 0 Å². The van der Waals surface area contributed by atoms with Crippen LogP contribution in [0.25, 0.3) is 0 Å². The Morgan fingerprint density at radius 2 is 1.81 bits per heavy atom. The van der Waals surface area contributed by atoms with E-state index in [9.17, 15) is 9.90 Å². The Morgan fingerprint density at radius 3 is 2.61 bits per heavy atom. The molecule has 3 aliphatic heterocycles. The lowest BCUT2D eigenvalue weighted by atomic mass is 9.80. The number of ether oxygens (including phenoxy) is 3. The summed E-state index contributed by atoms with van der Waals surface area (Å²) in [7, 11) is 0. The van der Waals surface area contributed by atoms with Gasteiger partial charge in [0.2, 0.25) is 5.91 Å². The summed E-state index contributed by atoms with van der Waals surface area (Å²) in [4.78, 5) is 18.0. The summed E-state index contributed by atoms with van der Waals surface area (Å²) in [6.07, 6.45) is 5.52. The van der Waals surface area contributed by atoms with Gasteiger partial charge >= 0.3 is 0 Å². The van der Waals surface area contributed by atoms with Gasteiger partial charge in [0.1, 0.15) is 13.2 Å². The SMILES string of the molecule is CC1(C)COCCC[C@H]2CN(Cc3ccc4c(c3)OCCO4)CC[C@H]2CC(=O)N(CC2CC2)C[C@@H]1O. The molecule has 1 aliphatic carbocycles. The molecular weight excluding hydrogens is 456 g/mol. The first-order chi connectivity index (χ1) is 17.4. The Hall–Kier alpha value is -1.83. The number of benzene rings is 1. The molecule has 2 saturated heterocycles. The number of hydrogen-bond donors (Lipinski definition) is 1.